The molecule has 2 N–H and O–H groups in total. The standard InChI is InChI=1S/C2H6IN3/c3-6-2-1-4-5-6/h4-5H,1-2H2. The molecule has 1 aliphatic rings. The highest BCUT2D eigenvalue weighted by atomic mass is 127. The summed E-state index contributed by atoms with van der Waals surface area (Å²) in [6.45, 7) is 2.13. The molecular weight excluding hydrogens is 193 g/mol. The SMILES string of the molecule is IN1CCNN1. The first kappa shape index (κ1) is 4.76. The molecule has 6 heavy (non-hydrogen) atoms. The lowest BCUT2D eigenvalue weighted by molar-refractivity contribution is 0.451. The summed E-state index contributed by atoms with van der Waals surface area (Å²) in [5.74, 6) is 0. The Hall–Kier alpha value is 0.610. The van der Waals surface area contributed by atoms with Crippen LogP contribution < -0.4 is 11.0 Å². The maximum Gasteiger partial charge on any atom is 0.0389 e. The zero-order chi connectivity index (χ0) is 4.41. The minimum Gasteiger partial charge on any atom is -0.242 e. The van der Waals surface area contributed by atoms with Crippen molar-refractivity contribution in [2.45, 2.75) is 0 Å². The van der Waals surface area contributed by atoms with Gasteiger partial charge in [0.1, 0.15) is 0 Å². The molecule has 0 atom stereocenters. The first-order chi connectivity index (χ1) is 2.89. The lowest BCUT2D eigenvalue weighted by atomic mass is 10.7. The van der Waals surface area contributed by atoms with E-state index in [9.17, 15) is 0 Å². The monoisotopic (exact) mass is 199 g/mol. The Morgan fingerprint density at radius 3 is 2.67 bits per heavy atom. The summed E-state index contributed by atoms with van der Waals surface area (Å²) in [4.78, 5) is 0. The fraction of sp³-hybridized carbons (Fsp3) is 1.00. The quantitative estimate of drug-likeness (QED) is 0.413. The number of hydrogen-bond donors (Lipinski definition) is 2. The zero-order valence-electron chi connectivity index (χ0n) is 3.24. The average molecular weight is 199 g/mol. The van der Waals surface area contributed by atoms with Crippen molar-refractivity contribution in [3.63, 3.8) is 0 Å². The summed E-state index contributed by atoms with van der Waals surface area (Å²) in [5.41, 5.74) is 5.83. The summed E-state index contributed by atoms with van der Waals surface area (Å²) in [6.07, 6.45) is 0. The van der Waals surface area contributed by atoms with E-state index in [0.717, 1.165) is 13.1 Å². The van der Waals surface area contributed by atoms with E-state index in [1.165, 1.54) is 0 Å². The van der Waals surface area contributed by atoms with E-state index >= 15 is 0 Å². The van der Waals surface area contributed by atoms with Crippen LogP contribution in [0.5, 0.6) is 0 Å². The van der Waals surface area contributed by atoms with Crippen LogP contribution in [0.25, 0.3) is 0 Å². The van der Waals surface area contributed by atoms with E-state index in [1.54, 1.807) is 0 Å². The van der Waals surface area contributed by atoms with Gasteiger partial charge in [0.15, 0.2) is 0 Å². The summed E-state index contributed by atoms with van der Waals surface area (Å²) in [6, 6.07) is 0. The summed E-state index contributed by atoms with van der Waals surface area (Å²) in [5, 5.41) is 0. The van der Waals surface area contributed by atoms with Crippen molar-refractivity contribution < 1.29 is 0 Å². The highest BCUT2D eigenvalue weighted by molar-refractivity contribution is 14.1. The van der Waals surface area contributed by atoms with Crippen LogP contribution in [-0.4, -0.2) is 16.3 Å². The third-order valence-electron chi connectivity index (χ3n) is 0.633. The lowest BCUT2D eigenvalue weighted by Crippen LogP contribution is -2.28. The number of hydrogen-bond acceptors (Lipinski definition) is 3. The largest absolute Gasteiger partial charge is 0.242 e. The molecule has 0 saturated carbocycles. The number of nitrogens with zero attached hydrogens (tertiary/aromatic N) is 1. The molecular formula is C2H6IN3. The zero-order valence-corrected chi connectivity index (χ0v) is 5.40. The van der Waals surface area contributed by atoms with E-state index in [0.29, 0.717) is 0 Å². The van der Waals surface area contributed by atoms with E-state index in [2.05, 4.69) is 33.8 Å². The predicted octanol–water partition coefficient (Wildman–Crippen LogP) is -0.339. The van der Waals surface area contributed by atoms with Gasteiger partial charge in [0.05, 0.1) is 0 Å². The van der Waals surface area contributed by atoms with Crippen LogP contribution in [0.2, 0.25) is 0 Å². The molecule has 1 aliphatic heterocycles. The molecule has 1 rings (SSSR count). The van der Waals surface area contributed by atoms with Crippen molar-refractivity contribution >= 4 is 22.9 Å². The van der Waals surface area contributed by atoms with Crippen molar-refractivity contribution in [2.75, 3.05) is 13.1 Å². The van der Waals surface area contributed by atoms with Gasteiger partial charge in [0.2, 0.25) is 0 Å². The first-order valence-corrected chi connectivity index (χ1v) is 2.78. The van der Waals surface area contributed by atoms with Gasteiger partial charge in [0.25, 0.3) is 0 Å². The van der Waals surface area contributed by atoms with Gasteiger partial charge in [-0.05, 0) is 0 Å². The van der Waals surface area contributed by atoms with Gasteiger partial charge in [0, 0.05) is 36.0 Å². The second-order valence-electron chi connectivity index (χ2n) is 1.12. The van der Waals surface area contributed by atoms with Gasteiger partial charge in [-0.2, -0.15) is 8.76 Å². The van der Waals surface area contributed by atoms with Crippen LogP contribution in [0, 0.1) is 0 Å². The Bertz CT molecular complexity index is 42.1. The lowest BCUT2D eigenvalue weighted by Gasteiger charge is -1.98. The Labute approximate surface area is 50.5 Å². The Morgan fingerprint density at radius 1 is 1.67 bits per heavy atom. The van der Waals surface area contributed by atoms with Gasteiger partial charge < -0.3 is 0 Å². The number of nitrogens with one attached hydrogen (secondary N) is 2. The number of halogens is 1. The third kappa shape index (κ3) is 1.04. The van der Waals surface area contributed by atoms with Crippen molar-refractivity contribution in [2.24, 2.45) is 0 Å². The molecule has 0 aromatic carbocycles. The fourth-order valence-electron chi connectivity index (χ4n) is 0.352. The molecule has 36 valence electrons. The fourth-order valence-corrected chi connectivity index (χ4v) is 0.763. The molecule has 0 radical (unpaired) electrons. The van der Waals surface area contributed by atoms with Crippen molar-refractivity contribution in [1.29, 1.82) is 0 Å². The van der Waals surface area contributed by atoms with Crippen molar-refractivity contribution in [1.82, 2.24) is 14.2 Å². The average Bonchev–Trinajstić information content (AvgIpc) is 1.86. The normalized spacial score (nSPS) is 25.5. The molecule has 3 nitrogen and oxygen atoms in total. The second-order valence-corrected chi connectivity index (χ2v) is 2.29. The topological polar surface area (TPSA) is 27.3 Å². The molecule has 0 bridgehead atoms. The predicted molar refractivity (Wildman–Crippen MR) is 31.9 cm³/mol. The molecule has 1 fully saturated rings. The summed E-state index contributed by atoms with van der Waals surface area (Å²) >= 11 is 2.19. The van der Waals surface area contributed by atoms with Crippen LogP contribution in [-0.2, 0) is 0 Å². The van der Waals surface area contributed by atoms with Gasteiger partial charge in [-0.3, -0.25) is 0 Å². The van der Waals surface area contributed by atoms with Gasteiger partial charge in [-0.25, -0.2) is 5.43 Å². The maximum absolute atomic E-state index is 2.94. The molecule has 1 heterocycles. The highest BCUT2D eigenvalue weighted by Crippen LogP contribution is 1.92. The van der Waals surface area contributed by atoms with E-state index in [-0.39, 0.29) is 0 Å². The molecule has 1 saturated heterocycles. The molecule has 0 aliphatic carbocycles. The molecule has 0 spiro atoms. The van der Waals surface area contributed by atoms with Crippen molar-refractivity contribution in [3.8, 4) is 0 Å². The van der Waals surface area contributed by atoms with Gasteiger partial charge in [-0.15, -0.1) is 0 Å². The molecule has 0 aromatic heterocycles. The molecule has 4 heteroatoms. The Morgan fingerprint density at radius 2 is 2.50 bits per heavy atom. The van der Waals surface area contributed by atoms with Crippen LogP contribution in [0.1, 0.15) is 0 Å². The first-order valence-electron chi connectivity index (χ1n) is 1.81. The third-order valence-corrected chi connectivity index (χ3v) is 1.36. The highest BCUT2D eigenvalue weighted by Gasteiger charge is 2.02. The molecule has 0 unspecified atom stereocenters. The van der Waals surface area contributed by atoms with Crippen LogP contribution in [0.3, 0.4) is 0 Å². The van der Waals surface area contributed by atoms with E-state index < -0.39 is 0 Å². The maximum atomic E-state index is 2.94. The Balaban J connectivity index is 2.18. The molecule has 0 amide bonds. The second kappa shape index (κ2) is 2.06. The van der Waals surface area contributed by atoms with Crippen LogP contribution >= 0.6 is 22.9 Å². The molecule has 0 aromatic rings. The van der Waals surface area contributed by atoms with Gasteiger partial charge in [-0.1, -0.05) is 0 Å². The number of rotatable bonds is 0. The Kier molecular flexibility index (Phi) is 1.63. The minimum atomic E-state index is 1.04. The smallest absolute Gasteiger partial charge is 0.0389 e. The summed E-state index contributed by atoms with van der Waals surface area (Å²) < 4.78 is 1.97. The van der Waals surface area contributed by atoms with Crippen LogP contribution in [0.15, 0.2) is 0 Å². The van der Waals surface area contributed by atoms with Crippen LogP contribution in [0.4, 0.5) is 0 Å². The van der Waals surface area contributed by atoms with Crippen molar-refractivity contribution in [3.05, 3.63) is 0 Å². The summed E-state index contributed by atoms with van der Waals surface area (Å²) in [7, 11) is 0. The van der Waals surface area contributed by atoms with E-state index in [4.69, 9.17) is 0 Å². The number of hydrazine groups is 2. The van der Waals surface area contributed by atoms with Gasteiger partial charge >= 0.3 is 0 Å². The minimum absolute atomic E-state index is 1.04. The van der Waals surface area contributed by atoms with E-state index in [1.807, 2.05) is 3.22 Å².